The lowest BCUT2D eigenvalue weighted by atomic mass is 9.98. The highest BCUT2D eigenvalue weighted by atomic mass is 32.1. The van der Waals surface area contributed by atoms with Gasteiger partial charge in [-0.05, 0) is 197 Å². The molecule has 0 bridgehead atoms. The van der Waals surface area contributed by atoms with Crippen molar-refractivity contribution in [1.29, 1.82) is 0 Å². The number of pyridine rings is 9. The quantitative estimate of drug-likeness (QED) is 0.0774. The average molecular weight is 1830 g/mol. The van der Waals surface area contributed by atoms with Crippen molar-refractivity contribution in [3.8, 4) is 134 Å². The number of hydrogen-bond acceptors (Lipinski definition) is 16. The zero-order valence-corrected chi connectivity index (χ0v) is 74.4. The van der Waals surface area contributed by atoms with Gasteiger partial charge in [-0.25, -0.2) is 33.8 Å². The molecule has 664 valence electrons. The van der Waals surface area contributed by atoms with E-state index in [0.717, 1.165) is 150 Å². The SMILES string of the molecule is [2H]C([2H])([2H])c1cccc(-c2ncccc2-c2ccc3ncc(C(C)=O)n3c2)c1.[2H]C([2H])([2H])c1cccc(-c2ncccc2-c2ccc3ncc([N+]#[C-])n3c2)c1.[2H]C([2H])([2H])c1cccc(-c2ncccc2-c2ccc3nccnc3c2)c1.[2H]C([2H])([2H])c1cccc(-c2ncccc2-c2ccc3ncsc3c2)c1.[2H]C([2H])([2H])c1cccc(-c2ncccc2-c2ccn3cncc3c2)c1.[2H]C([2H])([2H])c1cccc(-c2ncccc2-c2ccn3nccc3n2)c1. The summed E-state index contributed by atoms with van der Waals surface area (Å²) in [5.41, 5.74) is 29.6. The van der Waals surface area contributed by atoms with Crippen LogP contribution >= 0.6 is 11.3 Å². The van der Waals surface area contributed by atoms with Gasteiger partial charge in [-0.3, -0.25) is 49.1 Å². The van der Waals surface area contributed by atoms with Crippen molar-refractivity contribution in [2.24, 2.45) is 0 Å². The third kappa shape index (κ3) is 20.1. The summed E-state index contributed by atoms with van der Waals surface area (Å²) in [5, 5.41) is 4.15. The Morgan fingerprint density at radius 3 is 1.23 bits per heavy atom. The lowest BCUT2D eigenvalue weighted by Crippen LogP contribution is -1.99. The minimum Gasteiger partial charge on any atom is -0.362 e. The van der Waals surface area contributed by atoms with Gasteiger partial charge >= 0.3 is 0 Å². The van der Waals surface area contributed by atoms with Crippen molar-refractivity contribution >= 4 is 66.6 Å². The van der Waals surface area contributed by atoms with E-state index in [2.05, 4.69) is 80.8 Å². The van der Waals surface area contributed by atoms with E-state index < -0.39 is 41.1 Å². The van der Waals surface area contributed by atoms with Crippen LogP contribution < -0.4 is 0 Å². The molecule has 138 heavy (non-hydrogen) atoms. The standard InChI is InChI=1S/C21H17N3O.C20H14N4.C20H15N3.C19H15N3.C19H14N2S.C18H14N4/c1-14-5-3-6-16(11-14)21-18(7-4-10-22-21)17-8-9-20-23-12-19(15(2)25)24(20)13-17;1-14-5-3-6-15(11-14)20-17(7-4-10-22-20)16-8-9-18-23-12-19(21-2)24(18)13-16;1-14-4-2-5-16(12-14)20-17(6-3-9-23-20)15-7-8-18-19(13-15)22-11-10-21-18;1-14-4-2-5-16(10-14)19-18(6-3-8-21-19)15-7-9-22-13-20-12-17(22)11-15;1-13-4-2-5-15(10-13)19-16(6-3-9-20-19)14-7-8-17-18(11-14)22-12-21-17;1-13-4-2-5-14(12-13)18-15(6-3-9-19-18)16-8-11-22-17(21-16)7-10-20-22/h3-13H,1-2H3;3-13H,1H3;2-13H,1H3;2-13H,1H3;2*2-12H,1H3/i6*1D3. The summed E-state index contributed by atoms with van der Waals surface area (Å²) in [6, 6.07) is 91.5. The molecular formula is C117H89N19OS. The number of fused-ring (bicyclic) bond motifs is 6. The van der Waals surface area contributed by atoms with Crippen LogP contribution in [-0.2, 0) is 0 Å². The number of rotatable bonds is 13. The topological polar surface area (TPSA) is 220 Å². The first-order chi connectivity index (χ1) is 74.9. The van der Waals surface area contributed by atoms with Crippen LogP contribution in [-0.4, -0.2) is 93.4 Å². The second-order valence-corrected chi connectivity index (χ2v) is 32.4. The molecule has 0 fully saturated rings. The van der Waals surface area contributed by atoms with Crippen molar-refractivity contribution in [2.45, 2.75) is 48.0 Å². The Kier molecular flexibility index (Phi) is 20.6. The summed E-state index contributed by atoms with van der Waals surface area (Å²) in [7, 11) is 0. The average Bonchev–Trinajstić information content (AvgIpc) is 1.52. The molecule has 24 rings (SSSR count). The number of aromatic nitrogens is 18. The van der Waals surface area contributed by atoms with Gasteiger partial charge in [0.2, 0.25) is 5.65 Å². The molecule has 0 amide bonds. The first-order valence-corrected chi connectivity index (χ1v) is 44.3. The lowest BCUT2D eigenvalue weighted by Gasteiger charge is -2.10. The van der Waals surface area contributed by atoms with Gasteiger partial charge in [0.1, 0.15) is 11.3 Å². The monoisotopic (exact) mass is 1830 g/mol. The molecule has 0 aliphatic heterocycles. The molecule has 0 N–H and O–H groups in total. The maximum atomic E-state index is 11.9. The number of Topliss-reactive ketones (excluding diaryl/α,β-unsaturated/α-hetero) is 1. The number of thiazole rings is 1. The molecule has 0 aliphatic carbocycles. The largest absolute Gasteiger partial charge is 0.362 e. The zero-order valence-electron chi connectivity index (χ0n) is 91.6. The van der Waals surface area contributed by atoms with Crippen LogP contribution in [0.2, 0.25) is 0 Å². The Morgan fingerprint density at radius 1 is 0.333 bits per heavy atom. The number of hydrogen-bond donors (Lipinski definition) is 0. The molecule has 0 saturated heterocycles. The maximum absolute atomic E-state index is 11.9. The number of nitrogens with zero attached hydrogens (tertiary/aromatic N) is 19. The summed E-state index contributed by atoms with van der Waals surface area (Å²) < 4.78 is 146. The molecule has 0 aliphatic rings. The second kappa shape index (κ2) is 40.8. The maximum Gasteiger partial charge on any atom is 0.254 e. The Balaban J connectivity index is 0.000000116. The van der Waals surface area contributed by atoms with Crippen molar-refractivity contribution in [1.82, 2.24) is 87.6 Å². The summed E-state index contributed by atoms with van der Waals surface area (Å²) in [6.45, 7) is -4.15. The molecule has 16 heterocycles. The Hall–Kier alpha value is -18.3. The van der Waals surface area contributed by atoms with E-state index in [0.29, 0.717) is 62.1 Å². The second-order valence-electron chi connectivity index (χ2n) is 31.5. The van der Waals surface area contributed by atoms with Gasteiger partial charge in [0.15, 0.2) is 11.4 Å². The number of carbonyl (C=O) groups excluding carboxylic acids is 1. The number of benzene rings is 8. The summed E-state index contributed by atoms with van der Waals surface area (Å²) in [6.07, 6.45) is 29.4. The molecule has 16 aromatic heterocycles. The van der Waals surface area contributed by atoms with Crippen LogP contribution in [0.5, 0.6) is 0 Å². The third-order valence-electron chi connectivity index (χ3n) is 22.4. The molecular weight excluding hydrogens is 1720 g/mol. The van der Waals surface area contributed by atoms with Crippen LogP contribution in [0, 0.1) is 47.7 Å². The predicted molar refractivity (Wildman–Crippen MR) is 554 cm³/mol. The molecule has 0 spiro atoms. The summed E-state index contributed by atoms with van der Waals surface area (Å²) >= 11 is 1.60. The first-order valence-electron chi connectivity index (χ1n) is 52.4. The lowest BCUT2D eigenvalue weighted by molar-refractivity contribution is 0.101. The van der Waals surface area contributed by atoms with Crippen molar-refractivity contribution < 1.29 is 29.5 Å². The van der Waals surface area contributed by atoms with E-state index in [1.807, 2.05) is 223 Å². The number of imidazole rings is 3. The van der Waals surface area contributed by atoms with Crippen LogP contribution in [0.3, 0.4) is 0 Å². The normalized spacial score (nSPS) is 13.4. The third-order valence-corrected chi connectivity index (χ3v) is 23.2. The van der Waals surface area contributed by atoms with Crippen molar-refractivity contribution in [3.05, 3.63) is 465 Å². The van der Waals surface area contributed by atoms with Crippen molar-refractivity contribution in [3.63, 3.8) is 0 Å². The van der Waals surface area contributed by atoms with E-state index in [-0.39, 0.29) is 16.9 Å². The smallest absolute Gasteiger partial charge is 0.254 e. The fourth-order valence-electron chi connectivity index (χ4n) is 16.0. The minimum atomic E-state index is -2.18. The van der Waals surface area contributed by atoms with Gasteiger partial charge < -0.3 is 9.25 Å². The molecule has 0 radical (unpaired) electrons. The molecule has 21 heteroatoms. The van der Waals surface area contributed by atoms with E-state index in [1.165, 1.54) is 13.1 Å². The molecule has 0 unspecified atom stereocenters. The van der Waals surface area contributed by atoms with Crippen LogP contribution in [0.15, 0.2) is 414 Å². The summed E-state index contributed by atoms with van der Waals surface area (Å²) in [5.74, 6) is 0.364. The predicted octanol–water partition coefficient (Wildman–Crippen LogP) is 27.6. The summed E-state index contributed by atoms with van der Waals surface area (Å²) in [4.78, 5) is 72.5. The number of aryl methyl sites for hydroxylation is 6. The van der Waals surface area contributed by atoms with Gasteiger partial charge in [0, 0.05) is 190 Å². The minimum absolute atomic E-state index is 0.0681. The molecule has 20 nitrogen and oxygen atoms in total. The van der Waals surface area contributed by atoms with E-state index in [1.54, 1.807) is 208 Å². The van der Waals surface area contributed by atoms with Crippen LogP contribution in [0.1, 0.15) is 75.5 Å². The Morgan fingerprint density at radius 2 is 0.754 bits per heavy atom. The number of carbonyl (C=O) groups is 1. The molecule has 8 aromatic carbocycles. The van der Waals surface area contributed by atoms with E-state index >= 15 is 0 Å². The molecule has 24 aromatic rings. The van der Waals surface area contributed by atoms with Gasteiger partial charge in [0.05, 0.1) is 109 Å². The van der Waals surface area contributed by atoms with Gasteiger partial charge in [-0.2, -0.15) is 5.10 Å². The Labute approximate surface area is 826 Å². The Bertz CT molecular complexity index is 8990. The van der Waals surface area contributed by atoms with Gasteiger partial charge in [-0.1, -0.05) is 192 Å². The van der Waals surface area contributed by atoms with E-state index in [4.69, 9.17) is 31.2 Å². The number of ketones is 1. The zero-order chi connectivity index (χ0) is 109. The van der Waals surface area contributed by atoms with Crippen LogP contribution in [0.4, 0.5) is 5.82 Å². The highest BCUT2D eigenvalue weighted by Crippen LogP contribution is 2.39. The fourth-order valence-corrected chi connectivity index (χ4v) is 16.7. The fraction of sp³-hybridized carbons (Fsp3) is 0.0598. The van der Waals surface area contributed by atoms with E-state index in [9.17, 15) is 4.79 Å². The van der Waals surface area contributed by atoms with Crippen molar-refractivity contribution in [2.75, 3.05) is 0 Å². The van der Waals surface area contributed by atoms with Gasteiger partial charge in [0.25, 0.3) is 5.82 Å². The van der Waals surface area contributed by atoms with Gasteiger partial charge in [-0.15, -0.1) is 11.3 Å². The first kappa shape index (κ1) is 69.6. The molecule has 0 atom stereocenters. The highest BCUT2D eigenvalue weighted by Gasteiger charge is 2.20. The highest BCUT2D eigenvalue weighted by molar-refractivity contribution is 7.16. The van der Waals surface area contributed by atoms with Crippen LogP contribution in [0.25, 0.3) is 183 Å². The molecule has 0 saturated carbocycles.